The standard InChI is InChI=1S/C19H31N3O2/c1-2-12-24-18-8-5-6-16(13-18)15-22-11-4-3-7-17(22)14-21-19(23)9-10-20/h5-6,8,13,17H,2-4,7,9-12,14-15,20H2,1H3,(H,21,23). The largest absolute Gasteiger partial charge is 0.494 e. The summed E-state index contributed by atoms with van der Waals surface area (Å²) < 4.78 is 5.73. The van der Waals surface area contributed by atoms with Crippen LogP contribution in [0.15, 0.2) is 24.3 Å². The molecule has 1 aromatic carbocycles. The molecular formula is C19H31N3O2. The van der Waals surface area contributed by atoms with Gasteiger partial charge in [0, 0.05) is 32.1 Å². The lowest BCUT2D eigenvalue weighted by Gasteiger charge is -2.36. The Kier molecular flexibility index (Phi) is 8.05. The van der Waals surface area contributed by atoms with Crippen molar-refractivity contribution in [2.75, 3.05) is 26.2 Å². The third kappa shape index (κ3) is 6.13. The van der Waals surface area contributed by atoms with Crippen molar-refractivity contribution in [1.82, 2.24) is 10.2 Å². The van der Waals surface area contributed by atoms with Crippen molar-refractivity contribution in [3.63, 3.8) is 0 Å². The Balaban J connectivity index is 1.91. The molecular weight excluding hydrogens is 302 g/mol. The molecule has 1 aliphatic rings. The number of nitrogens with two attached hydrogens (primary N) is 1. The van der Waals surface area contributed by atoms with Gasteiger partial charge in [-0.05, 0) is 43.5 Å². The van der Waals surface area contributed by atoms with Crippen LogP contribution in [-0.4, -0.2) is 43.1 Å². The molecule has 5 nitrogen and oxygen atoms in total. The second kappa shape index (κ2) is 10.3. The van der Waals surface area contributed by atoms with Gasteiger partial charge in [0.2, 0.25) is 5.91 Å². The van der Waals surface area contributed by atoms with Crippen LogP contribution < -0.4 is 15.8 Å². The number of hydrogen-bond acceptors (Lipinski definition) is 4. The molecule has 1 heterocycles. The number of carbonyl (C=O) groups is 1. The maximum atomic E-state index is 11.7. The zero-order valence-electron chi connectivity index (χ0n) is 14.8. The van der Waals surface area contributed by atoms with E-state index in [1.165, 1.54) is 18.4 Å². The molecule has 1 aliphatic heterocycles. The average molecular weight is 333 g/mol. The van der Waals surface area contributed by atoms with Crippen molar-refractivity contribution in [3.05, 3.63) is 29.8 Å². The number of nitrogens with one attached hydrogen (secondary N) is 1. The van der Waals surface area contributed by atoms with Crippen molar-refractivity contribution in [2.45, 2.75) is 51.6 Å². The fourth-order valence-electron chi connectivity index (χ4n) is 3.14. The maximum Gasteiger partial charge on any atom is 0.221 e. The van der Waals surface area contributed by atoms with Crippen LogP contribution in [0.3, 0.4) is 0 Å². The van der Waals surface area contributed by atoms with E-state index in [4.69, 9.17) is 10.5 Å². The summed E-state index contributed by atoms with van der Waals surface area (Å²) in [6.07, 6.45) is 5.01. The van der Waals surface area contributed by atoms with E-state index in [1.54, 1.807) is 0 Å². The van der Waals surface area contributed by atoms with Crippen LogP contribution in [0.2, 0.25) is 0 Å². The van der Waals surface area contributed by atoms with E-state index in [-0.39, 0.29) is 5.91 Å². The van der Waals surface area contributed by atoms with E-state index in [1.807, 2.05) is 6.07 Å². The van der Waals surface area contributed by atoms with Gasteiger partial charge in [0.25, 0.3) is 0 Å². The van der Waals surface area contributed by atoms with Crippen LogP contribution in [0.5, 0.6) is 5.75 Å². The Morgan fingerprint density at radius 2 is 2.29 bits per heavy atom. The second-order valence-electron chi connectivity index (χ2n) is 6.46. The number of amides is 1. The normalized spacial score (nSPS) is 18.3. The minimum atomic E-state index is 0.0537. The van der Waals surface area contributed by atoms with Crippen LogP contribution in [0.1, 0.15) is 44.6 Å². The Morgan fingerprint density at radius 3 is 3.08 bits per heavy atom. The van der Waals surface area contributed by atoms with Crippen molar-refractivity contribution in [3.8, 4) is 5.75 Å². The minimum absolute atomic E-state index is 0.0537. The van der Waals surface area contributed by atoms with Gasteiger partial charge in [-0.1, -0.05) is 25.5 Å². The van der Waals surface area contributed by atoms with Gasteiger partial charge in [-0.2, -0.15) is 0 Å². The van der Waals surface area contributed by atoms with Gasteiger partial charge < -0.3 is 15.8 Å². The molecule has 1 fully saturated rings. The summed E-state index contributed by atoms with van der Waals surface area (Å²) in [7, 11) is 0. The summed E-state index contributed by atoms with van der Waals surface area (Å²) in [5.41, 5.74) is 6.70. The third-order valence-corrected chi connectivity index (χ3v) is 4.41. The van der Waals surface area contributed by atoms with Crippen LogP contribution in [-0.2, 0) is 11.3 Å². The quantitative estimate of drug-likeness (QED) is 0.728. The number of likely N-dealkylation sites (tertiary alicyclic amines) is 1. The minimum Gasteiger partial charge on any atom is -0.494 e. The molecule has 24 heavy (non-hydrogen) atoms. The van der Waals surface area contributed by atoms with Gasteiger partial charge in [-0.15, -0.1) is 0 Å². The van der Waals surface area contributed by atoms with E-state index in [0.717, 1.165) is 38.3 Å². The molecule has 5 heteroatoms. The Bertz CT molecular complexity index is 507. The van der Waals surface area contributed by atoms with Gasteiger partial charge in [-0.3, -0.25) is 9.69 Å². The van der Waals surface area contributed by atoms with Gasteiger partial charge in [0.05, 0.1) is 6.61 Å². The molecule has 0 bridgehead atoms. The second-order valence-corrected chi connectivity index (χ2v) is 6.46. The van der Waals surface area contributed by atoms with Crippen molar-refractivity contribution >= 4 is 5.91 Å². The molecule has 0 aliphatic carbocycles. The number of piperidine rings is 1. The molecule has 0 saturated carbocycles. The summed E-state index contributed by atoms with van der Waals surface area (Å²) in [5, 5.41) is 3.02. The number of rotatable bonds is 9. The topological polar surface area (TPSA) is 67.6 Å². The molecule has 0 spiro atoms. The lowest BCUT2D eigenvalue weighted by molar-refractivity contribution is -0.121. The lowest BCUT2D eigenvalue weighted by atomic mass is 10.0. The molecule has 1 unspecified atom stereocenters. The summed E-state index contributed by atoms with van der Waals surface area (Å²) in [6, 6.07) is 8.76. The fraction of sp³-hybridized carbons (Fsp3) is 0.632. The van der Waals surface area contributed by atoms with Crippen LogP contribution >= 0.6 is 0 Å². The predicted molar refractivity (Wildman–Crippen MR) is 97.0 cm³/mol. The molecule has 1 atom stereocenters. The number of ether oxygens (including phenoxy) is 1. The van der Waals surface area contributed by atoms with E-state index < -0.39 is 0 Å². The number of nitrogens with zero attached hydrogens (tertiary/aromatic N) is 1. The first-order chi connectivity index (χ1) is 11.7. The molecule has 0 radical (unpaired) electrons. The van der Waals surface area contributed by atoms with E-state index in [9.17, 15) is 4.79 Å². The van der Waals surface area contributed by atoms with E-state index >= 15 is 0 Å². The Morgan fingerprint density at radius 1 is 1.42 bits per heavy atom. The lowest BCUT2D eigenvalue weighted by Crippen LogP contribution is -2.46. The van der Waals surface area contributed by atoms with Crippen molar-refractivity contribution in [2.24, 2.45) is 5.73 Å². The zero-order valence-corrected chi connectivity index (χ0v) is 14.8. The van der Waals surface area contributed by atoms with Gasteiger partial charge >= 0.3 is 0 Å². The number of hydrogen-bond donors (Lipinski definition) is 2. The van der Waals surface area contributed by atoms with E-state index in [2.05, 4.69) is 35.3 Å². The molecule has 3 N–H and O–H groups in total. The highest BCUT2D eigenvalue weighted by Crippen LogP contribution is 2.21. The SMILES string of the molecule is CCCOc1cccc(CN2CCCCC2CNC(=O)CCN)c1. The first-order valence-electron chi connectivity index (χ1n) is 9.15. The van der Waals surface area contributed by atoms with Crippen molar-refractivity contribution in [1.29, 1.82) is 0 Å². The molecule has 1 saturated heterocycles. The van der Waals surface area contributed by atoms with Gasteiger partial charge in [-0.25, -0.2) is 0 Å². The summed E-state index contributed by atoms with van der Waals surface area (Å²) in [6.45, 7) is 5.97. The van der Waals surface area contributed by atoms with Gasteiger partial charge in [0.15, 0.2) is 0 Å². The summed E-state index contributed by atoms with van der Waals surface area (Å²) in [4.78, 5) is 14.1. The maximum absolute atomic E-state index is 11.7. The predicted octanol–water partition coefficient (Wildman–Crippen LogP) is 2.29. The van der Waals surface area contributed by atoms with Crippen molar-refractivity contribution < 1.29 is 9.53 Å². The Hall–Kier alpha value is -1.59. The van der Waals surface area contributed by atoms with Crippen LogP contribution in [0, 0.1) is 0 Å². The smallest absolute Gasteiger partial charge is 0.221 e. The zero-order chi connectivity index (χ0) is 17.2. The highest BCUT2D eigenvalue weighted by molar-refractivity contribution is 5.76. The molecule has 2 rings (SSSR count). The van der Waals surface area contributed by atoms with Crippen LogP contribution in [0.4, 0.5) is 0 Å². The average Bonchev–Trinajstić information content (AvgIpc) is 2.60. The fourth-order valence-corrected chi connectivity index (χ4v) is 3.14. The molecule has 1 aromatic rings. The van der Waals surface area contributed by atoms with Gasteiger partial charge in [0.1, 0.15) is 5.75 Å². The number of benzene rings is 1. The summed E-state index contributed by atoms with van der Waals surface area (Å²) in [5.74, 6) is 0.997. The third-order valence-electron chi connectivity index (χ3n) is 4.41. The number of carbonyl (C=O) groups excluding carboxylic acids is 1. The van der Waals surface area contributed by atoms with E-state index in [0.29, 0.717) is 25.6 Å². The monoisotopic (exact) mass is 333 g/mol. The molecule has 1 amide bonds. The Labute approximate surface area is 145 Å². The highest BCUT2D eigenvalue weighted by atomic mass is 16.5. The first-order valence-corrected chi connectivity index (χ1v) is 9.15. The van der Waals surface area contributed by atoms with Crippen LogP contribution in [0.25, 0.3) is 0 Å². The molecule has 0 aromatic heterocycles. The highest BCUT2D eigenvalue weighted by Gasteiger charge is 2.22. The summed E-state index contributed by atoms with van der Waals surface area (Å²) >= 11 is 0. The first kappa shape index (κ1) is 18.7. The molecule has 134 valence electrons.